The molecule has 3 unspecified atom stereocenters. The zero-order valence-corrected chi connectivity index (χ0v) is 13.0. The summed E-state index contributed by atoms with van der Waals surface area (Å²) in [6, 6.07) is 7.83. The van der Waals surface area contributed by atoms with Crippen molar-refractivity contribution >= 4 is 21.9 Å². The Balaban J connectivity index is 0.000000371. The molecule has 0 saturated heterocycles. The number of carbonyl (C=O) groups excluding carboxylic acids is 1. The van der Waals surface area contributed by atoms with Gasteiger partial charge in [0.2, 0.25) is 0 Å². The van der Waals surface area contributed by atoms with Gasteiger partial charge in [-0.1, -0.05) is 61.8 Å². The van der Waals surface area contributed by atoms with Gasteiger partial charge in [-0.05, 0) is 17.5 Å². The second-order valence-corrected chi connectivity index (χ2v) is 4.48. The molecular weight excluding hydrogens is 292 g/mol. The van der Waals surface area contributed by atoms with Gasteiger partial charge in [0.05, 0.1) is 5.92 Å². The second-order valence-electron chi connectivity index (χ2n) is 3.83. The van der Waals surface area contributed by atoms with E-state index in [1.165, 1.54) is 5.56 Å². The van der Waals surface area contributed by atoms with Gasteiger partial charge in [-0.15, -0.1) is 0 Å². The summed E-state index contributed by atoms with van der Waals surface area (Å²) in [5.41, 5.74) is 1.20. The molecule has 2 nitrogen and oxygen atoms in total. The Morgan fingerprint density at radius 1 is 1.11 bits per heavy atom. The van der Waals surface area contributed by atoms with Gasteiger partial charge < -0.3 is 4.74 Å². The number of halogens is 1. The Hall–Kier alpha value is -0.830. The van der Waals surface area contributed by atoms with Crippen molar-refractivity contribution in [3.63, 3.8) is 0 Å². The normalized spacial score (nSPS) is 26.3. The third kappa shape index (κ3) is 2.61. The number of esters is 1. The van der Waals surface area contributed by atoms with E-state index in [1.807, 2.05) is 45.9 Å². The molecule has 1 aromatic rings. The maximum atomic E-state index is 11.5. The van der Waals surface area contributed by atoms with Gasteiger partial charge in [0, 0.05) is 11.2 Å². The van der Waals surface area contributed by atoms with Crippen molar-refractivity contribution in [3.05, 3.63) is 29.8 Å². The van der Waals surface area contributed by atoms with Crippen LogP contribution in [0.2, 0.25) is 0 Å². The first-order valence-corrected chi connectivity index (χ1v) is 7.81. The Morgan fingerprint density at radius 3 is 2.33 bits per heavy atom. The summed E-state index contributed by atoms with van der Waals surface area (Å²) >= 11 is 3.44. The lowest BCUT2D eigenvalue weighted by Gasteiger charge is -2.13. The number of carbonyl (C=O) groups is 1. The van der Waals surface area contributed by atoms with Crippen molar-refractivity contribution in [2.45, 2.75) is 33.6 Å². The molecule has 1 fully saturated rings. The lowest BCUT2D eigenvalue weighted by molar-refractivity contribution is -0.136. The molecule has 18 heavy (non-hydrogen) atoms. The molecule has 3 heteroatoms. The van der Waals surface area contributed by atoms with E-state index in [2.05, 4.69) is 22.0 Å². The number of rotatable bonds is 1. The number of benzene rings is 1. The molecule has 1 aliphatic heterocycles. The predicted molar refractivity (Wildman–Crippen MR) is 78.3 cm³/mol. The largest absolute Gasteiger partial charge is 0.426 e. The number of fused-ring (bicyclic) bond motifs is 3. The molecule has 1 heterocycles. The number of hydrogen-bond donors (Lipinski definition) is 0. The minimum Gasteiger partial charge on any atom is -0.426 e. The van der Waals surface area contributed by atoms with E-state index in [9.17, 15) is 4.79 Å². The van der Waals surface area contributed by atoms with E-state index in [0.29, 0.717) is 11.8 Å². The zero-order chi connectivity index (χ0) is 13.7. The highest BCUT2D eigenvalue weighted by atomic mass is 79.9. The van der Waals surface area contributed by atoms with Crippen LogP contribution in [0.15, 0.2) is 24.3 Å². The van der Waals surface area contributed by atoms with Crippen molar-refractivity contribution in [1.82, 2.24) is 0 Å². The number of hydrogen-bond acceptors (Lipinski definition) is 2. The van der Waals surface area contributed by atoms with Crippen LogP contribution in [-0.2, 0) is 4.79 Å². The monoisotopic (exact) mass is 312 g/mol. The first-order valence-electron chi connectivity index (χ1n) is 6.69. The van der Waals surface area contributed by atoms with Gasteiger partial charge in [0.15, 0.2) is 0 Å². The summed E-state index contributed by atoms with van der Waals surface area (Å²) in [6.07, 6.45) is 0. The molecule has 0 N–H and O–H groups in total. The van der Waals surface area contributed by atoms with E-state index in [-0.39, 0.29) is 11.9 Å². The highest BCUT2D eigenvalue weighted by Gasteiger charge is 2.59. The van der Waals surface area contributed by atoms with Gasteiger partial charge in [0.25, 0.3) is 0 Å². The van der Waals surface area contributed by atoms with Crippen molar-refractivity contribution in [3.8, 4) is 5.75 Å². The highest BCUT2D eigenvalue weighted by molar-refractivity contribution is 9.09. The predicted octanol–water partition coefficient (Wildman–Crippen LogP) is 4.38. The van der Waals surface area contributed by atoms with Crippen LogP contribution in [0, 0.1) is 11.8 Å². The van der Waals surface area contributed by atoms with Crippen LogP contribution in [0.5, 0.6) is 5.75 Å². The molecule has 0 spiro atoms. The Labute approximate surface area is 118 Å². The first kappa shape index (κ1) is 15.2. The molecular formula is C15H21BrO2. The van der Waals surface area contributed by atoms with Crippen LogP contribution in [-0.4, -0.2) is 11.3 Å². The maximum Gasteiger partial charge on any atom is 0.315 e. The Bertz CT molecular complexity index is 403. The molecule has 0 bridgehead atoms. The topological polar surface area (TPSA) is 26.3 Å². The quantitative estimate of drug-likeness (QED) is 0.437. The Morgan fingerprint density at radius 2 is 1.72 bits per heavy atom. The summed E-state index contributed by atoms with van der Waals surface area (Å²) in [6.45, 7) is 8.00. The minimum atomic E-state index is -0.0573. The van der Waals surface area contributed by atoms with Crippen molar-refractivity contribution < 1.29 is 9.53 Å². The zero-order valence-electron chi connectivity index (χ0n) is 11.4. The number of ether oxygens (including phenoxy) is 1. The van der Waals surface area contributed by atoms with Crippen molar-refractivity contribution in [2.24, 2.45) is 11.8 Å². The molecule has 0 amide bonds. The summed E-state index contributed by atoms with van der Waals surface area (Å²) < 4.78 is 5.26. The summed E-state index contributed by atoms with van der Waals surface area (Å²) in [5, 5.41) is 0.881. The van der Waals surface area contributed by atoms with Gasteiger partial charge in [-0.2, -0.15) is 0 Å². The fraction of sp³-hybridized carbons (Fsp3) is 0.533. The molecule has 2 aliphatic rings. The summed E-state index contributed by atoms with van der Waals surface area (Å²) in [7, 11) is 0. The molecule has 1 saturated carbocycles. The number of alkyl halides is 1. The van der Waals surface area contributed by atoms with Crippen LogP contribution >= 0.6 is 15.9 Å². The van der Waals surface area contributed by atoms with E-state index >= 15 is 0 Å². The summed E-state index contributed by atoms with van der Waals surface area (Å²) in [5.74, 6) is 1.63. The fourth-order valence-corrected chi connectivity index (χ4v) is 3.14. The summed E-state index contributed by atoms with van der Waals surface area (Å²) in [4.78, 5) is 11.5. The van der Waals surface area contributed by atoms with Crippen LogP contribution < -0.4 is 4.74 Å². The molecule has 1 aromatic carbocycles. The SMILES string of the molecule is CC.CC.O=C1Oc2ccccc2C2C(CBr)C12. The molecule has 1 aliphatic carbocycles. The van der Waals surface area contributed by atoms with Crippen LogP contribution in [0.3, 0.4) is 0 Å². The van der Waals surface area contributed by atoms with Crippen molar-refractivity contribution in [1.29, 1.82) is 0 Å². The minimum absolute atomic E-state index is 0.0573. The molecule has 3 atom stereocenters. The third-order valence-electron chi connectivity index (χ3n) is 3.11. The smallest absolute Gasteiger partial charge is 0.315 e. The van der Waals surface area contributed by atoms with E-state index < -0.39 is 0 Å². The fourth-order valence-electron chi connectivity index (χ4n) is 2.34. The Kier molecular flexibility index (Phi) is 5.86. The van der Waals surface area contributed by atoms with Crippen molar-refractivity contribution in [2.75, 3.05) is 5.33 Å². The first-order chi connectivity index (χ1) is 8.83. The van der Waals surface area contributed by atoms with E-state index in [4.69, 9.17) is 4.74 Å². The lowest BCUT2D eigenvalue weighted by atomic mass is 10.1. The molecule has 3 rings (SSSR count). The van der Waals surface area contributed by atoms with Gasteiger partial charge >= 0.3 is 5.97 Å². The molecule has 0 radical (unpaired) electrons. The van der Waals surface area contributed by atoms with Gasteiger partial charge in [-0.25, -0.2) is 0 Å². The average Bonchev–Trinajstić information content (AvgIpc) is 3.19. The maximum absolute atomic E-state index is 11.5. The van der Waals surface area contributed by atoms with Crippen LogP contribution in [0.1, 0.15) is 39.2 Å². The highest BCUT2D eigenvalue weighted by Crippen LogP contribution is 2.59. The lowest BCUT2D eigenvalue weighted by Crippen LogP contribution is -2.16. The van der Waals surface area contributed by atoms with Gasteiger partial charge in [0.1, 0.15) is 5.75 Å². The molecule has 100 valence electrons. The standard InChI is InChI=1S/C11H9BrO2.2C2H6/c12-5-7-9-6-3-1-2-4-8(6)14-11(13)10(7)9;2*1-2/h1-4,7,9-10H,5H2;2*1-2H3. The van der Waals surface area contributed by atoms with Crippen LogP contribution in [0.25, 0.3) is 0 Å². The van der Waals surface area contributed by atoms with Gasteiger partial charge in [-0.3, -0.25) is 4.79 Å². The molecule has 0 aromatic heterocycles. The van der Waals surface area contributed by atoms with E-state index in [0.717, 1.165) is 11.1 Å². The second kappa shape index (κ2) is 6.93. The third-order valence-corrected chi connectivity index (χ3v) is 3.86. The van der Waals surface area contributed by atoms with Crippen LogP contribution in [0.4, 0.5) is 0 Å². The van der Waals surface area contributed by atoms with E-state index in [1.54, 1.807) is 0 Å². The average molecular weight is 313 g/mol. The number of para-hydroxylation sites is 1.